The molecule has 0 radical (unpaired) electrons. The quantitative estimate of drug-likeness (QED) is 0.849. The average Bonchev–Trinajstić information content (AvgIpc) is 3.40. The summed E-state index contributed by atoms with van der Waals surface area (Å²) in [6.45, 7) is 6.39. The molecule has 1 N–H and O–H groups in total. The second-order valence-corrected chi connectivity index (χ2v) is 8.41. The molecule has 6 nitrogen and oxygen atoms in total. The molecule has 2 amide bonds. The van der Waals surface area contributed by atoms with Crippen LogP contribution in [0.4, 0.5) is 10.5 Å². The van der Waals surface area contributed by atoms with Crippen molar-refractivity contribution in [2.75, 3.05) is 37.6 Å². The van der Waals surface area contributed by atoms with Crippen molar-refractivity contribution in [3.8, 4) is 0 Å². The van der Waals surface area contributed by atoms with Gasteiger partial charge in [-0.05, 0) is 49.8 Å². The number of imidazole rings is 1. The maximum atomic E-state index is 12.7. The molecule has 1 aromatic heterocycles. The number of hydrogen-bond donors (Lipinski definition) is 1. The van der Waals surface area contributed by atoms with Crippen LogP contribution in [0, 0.1) is 12.8 Å². The van der Waals surface area contributed by atoms with E-state index in [1.165, 1.54) is 11.3 Å². The summed E-state index contributed by atoms with van der Waals surface area (Å²) in [5.41, 5.74) is 2.45. The van der Waals surface area contributed by atoms with Crippen LogP contribution in [0.15, 0.2) is 36.9 Å². The number of piperidine rings is 1. The smallest absolute Gasteiger partial charge is 0.317 e. The van der Waals surface area contributed by atoms with E-state index in [2.05, 4.69) is 32.8 Å². The third-order valence-electron chi connectivity index (χ3n) is 5.97. The van der Waals surface area contributed by atoms with E-state index in [9.17, 15) is 4.79 Å². The summed E-state index contributed by atoms with van der Waals surface area (Å²) < 4.78 is 2.11. The standard InChI is InChI=1S/C21H28ClN5O/c1-16-4-5-18(22)11-20(16)25-9-6-17(13-25)12-24-21(28)26-8-2-3-19(14-26)27-10-7-23-15-27/h4-5,7,10-11,15,17,19H,2-3,6,8-9,12-14H2,1H3,(H,24,28). The maximum absolute atomic E-state index is 12.7. The predicted octanol–water partition coefficient (Wildman–Crippen LogP) is 3.72. The lowest BCUT2D eigenvalue weighted by Gasteiger charge is -2.33. The van der Waals surface area contributed by atoms with Gasteiger partial charge in [-0.3, -0.25) is 0 Å². The molecule has 2 saturated heterocycles. The lowest BCUT2D eigenvalue weighted by Crippen LogP contribution is -2.47. The first-order chi connectivity index (χ1) is 13.6. The van der Waals surface area contributed by atoms with Crippen LogP contribution in [0.5, 0.6) is 0 Å². The Balaban J connectivity index is 1.28. The molecule has 2 aromatic rings. The zero-order valence-corrected chi connectivity index (χ0v) is 17.1. The number of aryl methyl sites for hydroxylation is 1. The monoisotopic (exact) mass is 401 g/mol. The summed E-state index contributed by atoms with van der Waals surface area (Å²) in [5, 5.41) is 3.94. The lowest BCUT2D eigenvalue weighted by molar-refractivity contribution is 0.165. The van der Waals surface area contributed by atoms with Gasteiger partial charge >= 0.3 is 6.03 Å². The van der Waals surface area contributed by atoms with Gasteiger partial charge in [-0.1, -0.05) is 17.7 Å². The minimum absolute atomic E-state index is 0.0576. The van der Waals surface area contributed by atoms with Gasteiger partial charge in [-0.2, -0.15) is 0 Å². The molecular formula is C21H28ClN5O. The van der Waals surface area contributed by atoms with E-state index < -0.39 is 0 Å². The van der Waals surface area contributed by atoms with E-state index in [0.29, 0.717) is 12.0 Å². The Morgan fingerprint density at radius 2 is 2.18 bits per heavy atom. The van der Waals surface area contributed by atoms with Crippen LogP contribution in [0.1, 0.15) is 30.9 Å². The summed E-state index contributed by atoms with van der Waals surface area (Å²) in [6, 6.07) is 6.43. The third kappa shape index (κ3) is 4.27. The average molecular weight is 402 g/mol. The van der Waals surface area contributed by atoms with Crippen LogP contribution >= 0.6 is 11.6 Å². The highest BCUT2D eigenvalue weighted by Gasteiger charge is 2.27. The van der Waals surface area contributed by atoms with Gasteiger partial charge < -0.3 is 19.7 Å². The van der Waals surface area contributed by atoms with Crippen LogP contribution in [-0.2, 0) is 0 Å². The van der Waals surface area contributed by atoms with Gasteiger partial charge in [-0.15, -0.1) is 0 Å². The highest BCUT2D eigenvalue weighted by atomic mass is 35.5. The van der Waals surface area contributed by atoms with Crippen molar-refractivity contribution in [3.05, 3.63) is 47.5 Å². The van der Waals surface area contributed by atoms with Gasteiger partial charge in [0.05, 0.1) is 12.4 Å². The van der Waals surface area contributed by atoms with Gasteiger partial charge in [-0.25, -0.2) is 9.78 Å². The Bertz CT molecular complexity index is 809. The predicted molar refractivity (Wildman–Crippen MR) is 112 cm³/mol. The zero-order chi connectivity index (χ0) is 19.5. The van der Waals surface area contributed by atoms with Gasteiger partial charge in [0, 0.05) is 55.8 Å². The van der Waals surface area contributed by atoms with Crippen LogP contribution in [0.2, 0.25) is 5.02 Å². The van der Waals surface area contributed by atoms with E-state index in [4.69, 9.17) is 11.6 Å². The maximum Gasteiger partial charge on any atom is 0.317 e. The number of amides is 2. The molecule has 0 aliphatic carbocycles. The van der Waals surface area contributed by atoms with Gasteiger partial charge in [0.2, 0.25) is 0 Å². The van der Waals surface area contributed by atoms with Crippen LogP contribution in [0.25, 0.3) is 0 Å². The van der Waals surface area contributed by atoms with Crippen molar-refractivity contribution in [2.24, 2.45) is 5.92 Å². The van der Waals surface area contributed by atoms with E-state index >= 15 is 0 Å². The van der Waals surface area contributed by atoms with E-state index in [1.807, 2.05) is 29.6 Å². The molecule has 2 unspecified atom stereocenters. The molecule has 0 saturated carbocycles. The normalized spacial score (nSPS) is 22.5. The molecule has 4 rings (SSSR count). The van der Waals surface area contributed by atoms with Crippen molar-refractivity contribution in [1.29, 1.82) is 0 Å². The molecule has 0 spiro atoms. The number of halogens is 1. The van der Waals surface area contributed by atoms with Crippen molar-refractivity contribution < 1.29 is 4.79 Å². The number of carbonyl (C=O) groups excluding carboxylic acids is 1. The molecule has 2 atom stereocenters. The summed E-state index contributed by atoms with van der Waals surface area (Å²) in [4.78, 5) is 21.1. The third-order valence-corrected chi connectivity index (χ3v) is 6.21. The first-order valence-electron chi connectivity index (χ1n) is 10.1. The zero-order valence-electron chi connectivity index (χ0n) is 16.4. The lowest BCUT2D eigenvalue weighted by atomic mass is 10.1. The van der Waals surface area contributed by atoms with Crippen LogP contribution < -0.4 is 10.2 Å². The minimum atomic E-state index is 0.0576. The number of nitrogens with zero attached hydrogens (tertiary/aromatic N) is 4. The molecule has 2 aliphatic rings. The highest BCUT2D eigenvalue weighted by molar-refractivity contribution is 6.30. The largest absolute Gasteiger partial charge is 0.371 e. The second kappa shape index (κ2) is 8.43. The molecule has 2 fully saturated rings. The number of urea groups is 1. The topological polar surface area (TPSA) is 53.4 Å². The Hall–Kier alpha value is -2.21. The fourth-order valence-corrected chi connectivity index (χ4v) is 4.52. The Kier molecular flexibility index (Phi) is 5.76. The van der Waals surface area contributed by atoms with Crippen molar-refractivity contribution in [3.63, 3.8) is 0 Å². The fourth-order valence-electron chi connectivity index (χ4n) is 4.35. The molecular weight excluding hydrogens is 374 g/mol. The van der Waals surface area contributed by atoms with Gasteiger partial charge in [0.15, 0.2) is 0 Å². The number of likely N-dealkylation sites (tertiary alicyclic amines) is 1. The fraction of sp³-hybridized carbons (Fsp3) is 0.524. The number of anilines is 1. The summed E-state index contributed by atoms with van der Waals surface area (Å²) in [5.74, 6) is 0.469. The SMILES string of the molecule is Cc1ccc(Cl)cc1N1CCC(CNC(=O)N2CCCC(n3ccnc3)C2)C1. The molecule has 150 valence electrons. The number of aromatic nitrogens is 2. The molecule has 28 heavy (non-hydrogen) atoms. The first kappa shape index (κ1) is 19.1. The molecule has 7 heteroatoms. The van der Waals surface area contributed by atoms with E-state index in [0.717, 1.165) is 57.0 Å². The molecule has 2 aliphatic heterocycles. The second-order valence-electron chi connectivity index (χ2n) is 7.97. The number of nitrogens with one attached hydrogen (secondary N) is 1. The Morgan fingerprint density at radius 3 is 3.00 bits per heavy atom. The number of hydrogen-bond acceptors (Lipinski definition) is 3. The summed E-state index contributed by atoms with van der Waals surface area (Å²) in [6.07, 6.45) is 8.84. The van der Waals surface area contributed by atoms with Gasteiger partial charge in [0.25, 0.3) is 0 Å². The van der Waals surface area contributed by atoms with Crippen molar-refractivity contribution in [2.45, 2.75) is 32.2 Å². The van der Waals surface area contributed by atoms with Crippen molar-refractivity contribution >= 4 is 23.3 Å². The number of rotatable bonds is 4. The molecule has 1 aromatic carbocycles. The van der Waals surface area contributed by atoms with E-state index in [-0.39, 0.29) is 6.03 Å². The number of benzene rings is 1. The van der Waals surface area contributed by atoms with E-state index in [1.54, 1.807) is 6.20 Å². The van der Waals surface area contributed by atoms with Crippen LogP contribution in [0.3, 0.4) is 0 Å². The molecule has 3 heterocycles. The summed E-state index contributed by atoms with van der Waals surface area (Å²) in [7, 11) is 0. The Morgan fingerprint density at radius 1 is 1.29 bits per heavy atom. The van der Waals surface area contributed by atoms with Crippen LogP contribution in [-0.4, -0.2) is 53.2 Å². The van der Waals surface area contributed by atoms with Gasteiger partial charge in [0.1, 0.15) is 0 Å². The summed E-state index contributed by atoms with van der Waals surface area (Å²) >= 11 is 6.17. The highest BCUT2D eigenvalue weighted by Crippen LogP contribution is 2.29. The number of carbonyl (C=O) groups is 1. The van der Waals surface area contributed by atoms with Crippen molar-refractivity contribution in [1.82, 2.24) is 19.8 Å². The Labute approximate surface area is 171 Å². The molecule has 0 bridgehead atoms. The first-order valence-corrected chi connectivity index (χ1v) is 10.5. The minimum Gasteiger partial charge on any atom is -0.371 e.